The summed E-state index contributed by atoms with van der Waals surface area (Å²) >= 11 is 0. The van der Waals surface area contributed by atoms with Crippen molar-refractivity contribution >= 4 is 17.5 Å². The van der Waals surface area contributed by atoms with Crippen LogP contribution in [-0.4, -0.2) is 36.4 Å². The van der Waals surface area contributed by atoms with Crippen molar-refractivity contribution in [2.24, 2.45) is 5.92 Å². The fraction of sp³-hybridized carbons (Fsp3) is 0.700. The molecule has 0 aliphatic carbocycles. The van der Waals surface area contributed by atoms with Crippen LogP contribution in [0.3, 0.4) is 0 Å². The maximum atomic E-state index is 11.6. The molecule has 5 heteroatoms. The van der Waals surface area contributed by atoms with Gasteiger partial charge in [-0.25, -0.2) is 4.79 Å². The third kappa shape index (κ3) is 2.23. The molecule has 0 saturated carbocycles. The van der Waals surface area contributed by atoms with Gasteiger partial charge < -0.3 is 9.47 Å². The van der Waals surface area contributed by atoms with Gasteiger partial charge in [0.15, 0.2) is 5.78 Å². The third-order valence-electron chi connectivity index (χ3n) is 2.31. The van der Waals surface area contributed by atoms with E-state index in [1.54, 1.807) is 20.8 Å². The summed E-state index contributed by atoms with van der Waals surface area (Å²) in [6, 6.07) is 0. The molecule has 1 atom stereocenters. The van der Waals surface area contributed by atoms with E-state index in [1.165, 1.54) is 0 Å². The molecule has 0 bridgehead atoms. The summed E-state index contributed by atoms with van der Waals surface area (Å²) in [6.07, 6.45) is 0. The Bertz CT molecular complexity index is 305. The SMILES string of the molecule is CCOC(=O)C(=O)C1COC(C)(C)C1=O. The standard InChI is InChI=1S/C10H14O5/c1-4-14-9(13)7(11)6-5-15-10(2,3)8(6)12/h6H,4-5H2,1-3H3. The Balaban J connectivity index is 2.71. The van der Waals surface area contributed by atoms with Crippen LogP contribution in [0.5, 0.6) is 0 Å². The minimum absolute atomic E-state index is 0.0382. The normalized spacial score (nSPS) is 23.9. The number of hydrogen-bond donors (Lipinski definition) is 0. The van der Waals surface area contributed by atoms with Crippen LogP contribution in [0.2, 0.25) is 0 Å². The van der Waals surface area contributed by atoms with Crippen molar-refractivity contribution in [2.45, 2.75) is 26.4 Å². The number of ether oxygens (including phenoxy) is 2. The highest BCUT2D eigenvalue weighted by atomic mass is 16.5. The molecule has 5 nitrogen and oxygen atoms in total. The van der Waals surface area contributed by atoms with Crippen LogP contribution >= 0.6 is 0 Å². The molecule has 0 spiro atoms. The lowest BCUT2D eigenvalue weighted by atomic mass is 9.93. The zero-order valence-electron chi connectivity index (χ0n) is 9.03. The summed E-state index contributed by atoms with van der Waals surface area (Å²) in [7, 11) is 0. The van der Waals surface area contributed by atoms with Crippen LogP contribution < -0.4 is 0 Å². The van der Waals surface area contributed by atoms with E-state index in [1.807, 2.05) is 0 Å². The van der Waals surface area contributed by atoms with Crippen LogP contribution in [0.25, 0.3) is 0 Å². The van der Waals surface area contributed by atoms with Crippen molar-refractivity contribution in [1.29, 1.82) is 0 Å². The highest BCUT2D eigenvalue weighted by molar-refractivity contribution is 6.39. The molecular weight excluding hydrogens is 200 g/mol. The first kappa shape index (κ1) is 11.8. The number of rotatable bonds is 3. The second-order valence-corrected chi connectivity index (χ2v) is 3.82. The van der Waals surface area contributed by atoms with Crippen molar-refractivity contribution in [1.82, 2.24) is 0 Å². The van der Waals surface area contributed by atoms with E-state index in [9.17, 15) is 14.4 Å². The summed E-state index contributed by atoms with van der Waals surface area (Å²) in [5, 5.41) is 0. The van der Waals surface area contributed by atoms with Crippen LogP contribution in [0.4, 0.5) is 0 Å². The molecule has 0 radical (unpaired) electrons. The minimum Gasteiger partial charge on any atom is -0.460 e. The van der Waals surface area contributed by atoms with E-state index in [0.29, 0.717) is 0 Å². The lowest BCUT2D eigenvalue weighted by Crippen LogP contribution is -2.36. The van der Waals surface area contributed by atoms with Crippen LogP contribution in [-0.2, 0) is 23.9 Å². The first-order chi connectivity index (χ1) is 6.90. The second-order valence-electron chi connectivity index (χ2n) is 3.82. The maximum absolute atomic E-state index is 11.6. The van der Waals surface area contributed by atoms with Gasteiger partial charge >= 0.3 is 5.97 Å². The number of ketones is 2. The minimum atomic E-state index is -1.00. The lowest BCUT2D eigenvalue weighted by Gasteiger charge is -2.13. The molecule has 1 rings (SSSR count). The second kappa shape index (κ2) is 4.10. The Kier molecular flexibility index (Phi) is 3.24. The molecular formula is C10H14O5. The summed E-state index contributed by atoms with van der Waals surface area (Å²) in [6.45, 7) is 4.84. The molecule has 1 aliphatic heterocycles. The summed E-state index contributed by atoms with van der Waals surface area (Å²) in [5.74, 6) is -3.14. The van der Waals surface area contributed by atoms with Gasteiger partial charge in [0.2, 0.25) is 0 Å². The van der Waals surface area contributed by atoms with E-state index in [-0.39, 0.29) is 19.0 Å². The molecule has 15 heavy (non-hydrogen) atoms. The smallest absolute Gasteiger partial charge is 0.375 e. The molecule has 1 fully saturated rings. The molecule has 0 aromatic heterocycles. The summed E-state index contributed by atoms with van der Waals surface area (Å²) in [5.41, 5.74) is -0.979. The van der Waals surface area contributed by atoms with Gasteiger partial charge in [0.1, 0.15) is 11.5 Å². The van der Waals surface area contributed by atoms with Crippen molar-refractivity contribution < 1.29 is 23.9 Å². The fourth-order valence-electron chi connectivity index (χ4n) is 1.40. The van der Waals surface area contributed by atoms with Gasteiger partial charge in [0.25, 0.3) is 5.78 Å². The number of hydrogen-bond acceptors (Lipinski definition) is 5. The summed E-state index contributed by atoms with van der Waals surface area (Å²) < 4.78 is 9.67. The largest absolute Gasteiger partial charge is 0.460 e. The fourth-order valence-corrected chi connectivity index (χ4v) is 1.40. The van der Waals surface area contributed by atoms with Gasteiger partial charge in [0, 0.05) is 0 Å². The Morgan fingerprint density at radius 1 is 1.53 bits per heavy atom. The van der Waals surface area contributed by atoms with Crippen LogP contribution in [0, 0.1) is 5.92 Å². The van der Waals surface area contributed by atoms with E-state index in [2.05, 4.69) is 4.74 Å². The quantitative estimate of drug-likeness (QED) is 0.379. The Hall–Kier alpha value is -1.23. The predicted octanol–water partition coefficient (Wildman–Crippen LogP) is 0.113. The van der Waals surface area contributed by atoms with Crippen molar-refractivity contribution in [2.75, 3.05) is 13.2 Å². The van der Waals surface area contributed by atoms with Crippen LogP contribution in [0.15, 0.2) is 0 Å². The average Bonchev–Trinajstić information content (AvgIpc) is 2.42. The maximum Gasteiger partial charge on any atom is 0.375 e. The number of carbonyl (C=O) groups is 3. The molecule has 0 amide bonds. The number of Topliss-reactive ketones (excluding diaryl/α,β-unsaturated/α-hetero) is 2. The predicted molar refractivity (Wildman–Crippen MR) is 50.2 cm³/mol. The number of esters is 1. The lowest BCUT2D eigenvalue weighted by molar-refractivity contribution is -0.156. The molecule has 0 aromatic carbocycles. The van der Waals surface area contributed by atoms with Crippen molar-refractivity contribution in [3.8, 4) is 0 Å². The summed E-state index contributed by atoms with van der Waals surface area (Å²) in [4.78, 5) is 34.2. The van der Waals surface area contributed by atoms with E-state index in [4.69, 9.17) is 4.74 Å². The van der Waals surface area contributed by atoms with Gasteiger partial charge in [-0.1, -0.05) is 0 Å². The zero-order chi connectivity index (χ0) is 11.6. The Morgan fingerprint density at radius 2 is 2.13 bits per heavy atom. The van der Waals surface area contributed by atoms with E-state index in [0.717, 1.165) is 0 Å². The van der Waals surface area contributed by atoms with Gasteiger partial charge in [0.05, 0.1) is 13.2 Å². The molecule has 1 unspecified atom stereocenters. The van der Waals surface area contributed by atoms with Crippen molar-refractivity contribution in [3.63, 3.8) is 0 Å². The monoisotopic (exact) mass is 214 g/mol. The molecule has 1 heterocycles. The molecule has 0 N–H and O–H groups in total. The first-order valence-electron chi connectivity index (χ1n) is 4.79. The van der Waals surface area contributed by atoms with E-state index >= 15 is 0 Å². The third-order valence-corrected chi connectivity index (χ3v) is 2.31. The van der Waals surface area contributed by atoms with Crippen LogP contribution in [0.1, 0.15) is 20.8 Å². The number of carbonyl (C=O) groups excluding carboxylic acids is 3. The van der Waals surface area contributed by atoms with Crippen molar-refractivity contribution in [3.05, 3.63) is 0 Å². The topological polar surface area (TPSA) is 69.7 Å². The molecule has 0 aromatic rings. The first-order valence-corrected chi connectivity index (χ1v) is 4.79. The molecule has 1 saturated heterocycles. The average molecular weight is 214 g/mol. The molecule has 84 valence electrons. The highest BCUT2D eigenvalue weighted by Gasteiger charge is 2.47. The Morgan fingerprint density at radius 3 is 2.53 bits per heavy atom. The Labute approximate surface area is 87.7 Å². The van der Waals surface area contributed by atoms with Gasteiger partial charge in [-0.05, 0) is 20.8 Å². The van der Waals surface area contributed by atoms with Gasteiger partial charge in [-0.15, -0.1) is 0 Å². The zero-order valence-corrected chi connectivity index (χ0v) is 9.03. The molecule has 1 aliphatic rings. The van der Waals surface area contributed by atoms with E-state index < -0.39 is 23.3 Å². The van der Waals surface area contributed by atoms with Gasteiger partial charge in [-0.2, -0.15) is 0 Å². The van der Waals surface area contributed by atoms with Gasteiger partial charge in [-0.3, -0.25) is 9.59 Å². The highest BCUT2D eigenvalue weighted by Crippen LogP contribution is 2.26.